The van der Waals surface area contributed by atoms with Crippen molar-refractivity contribution >= 4 is 46.4 Å². The molecule has 1 aliphatic heterocycles. The molecule has 0 aliphatic carbocycles. The van der Waals surface area contributed by atoms with Crippen molar-refractivity contribution in [2.24, 2.45) is 0 Å². The monoisotopic (exact) mass is 355 g/mol. The Morgan fingerprint density at radius 2 is 1.79 bits per heavy atom. The Morgan fingerprint density at radius 3 is 2.67 bits per heavy atom. The summed E-state index contributed by atoms with van der Waals surface area (Å²) in [5.41, 5.74) is 2.95. The van der Waals surface area contributed by atoms with Crippen LogP contribution < -0.4 is 5.32 Å². The van der Waals surface area contributed by atoms with Crippen molar-refractivity contribution in [3.05, 3.63) is 76.0 Å². The summed E-state index contributed by atoms with van der Waals surface area (Å²) in [6.07, 6.45) is 1.73. The molecule has 24 heavy (non-hydrogen) atoms. The van der Waals surface area contributed by atoms with Gasteiger partial charge in [-0.1, -0.05) is 41.4 Å². The number of halogens is 2. The molecule has 118 valence electrons. The first-order valence-corrected chi connectivity index (χ1v) is 8.05. The molecule has 0 bridgehead atoms. The summed E-state index contributed by atoms with van der Waals surface area (Å²) < 4.78 is 5.83. The van der Waals surface area contributed by atoms with Crippen LogP contribution in [0.2, 0.25) is 10.0 Å². The van der Waals surface area contributed by atoms with Crippen LogP contribution in [0.1, 0.15) is 11.3 Å². The van der Waals surface area contributed by atoms with Crippen molar-refractivity contribution in [3.8, 4) is 11.3 Å². The van der Waals surface area contributed by atoms with E-state index < -0.39 is 0 Å². The Bertz CT molecular complexity index is 989. The molecule has 3 nitrogen and oxygen atoms in total. The predicted octanol–water partition coefficient (Wildman–Crippen LogP) is 5.75. The fraction of sp³-hybridized carbons (Fsp3) is 0. The summed E-state index contributed by atoms with van der Waals surface area (Å²) >= 11 is 12.2. The number of furan rings is 1. The van der Waals surface area contributed by atoms with Gasteiger partial charge in [0.1, 0.15) is 11.5 Å². The molecular formula is C19H11Cl2NO2. The van der Waals surface area contributed by atoms with Gasteiger partial charge in [-0.05, 0) is 42.5 Å². The van der Waals surface area contributed by atoms with Gasteiger partial charge in [-0.2, -0.15) is 0 Å². The molecule has 1 aromatic heterocycles. The fourth-order valence-corrected chi connectivity index (χ4v) is 3.07. The molecule has 0 saturated carbocycles. The van der Waals surface area contributed by atoms with Gasteiger partial charge >= 0.3 is 0 Å². The number of para-hydroxylation sites is 1. The first-order valence-electron chi connectivity index (χ1n) is 7.29. The lowest BCUT2D eigenvalue weighted by Crippen LogP contribution is -2.03. The van der Waals surface area contributed by atoms with E-state index in [9.17, 15) is 4.79 Å². The maximum absolute atomic E-state index is 12.2. The van der Waals surface area contributed by atoms with E-state index in [1.807, 2.05) is 30.3 Å². The highest BCUT2D eigenvalue weighted by molar-refractivity contribution is 6.35. The van der Waals surface area contributed by atoms with Crippen LogP contribution in [-0.4, -0.2) is 5.91 Å². The molecule has 1 aliphatic rings. The Hall–Kier alpha value is -2.49. The summed E-state index contributed by atoms with van der Waals surface area (Å²) in [6.45, 7) is 0. The highest BCUT2D eigenvalue weighted by Gasteiger charge is 2.23. The molecule has 0 fully saturated rings. The van der Waals surface area contributed by atoms with Crippen molar-refractivity contribution < 1.29 is 9.21 Å². The maximum Gasteiger partial charge on any atom is 0.256 e. The predicted molar refractivity (Wildman–Crippen MR) is 97.1 cm³/mol. The lowest BCUT2D eigenvalue weighted by molar-refractivity contribution is -0.110. The average Bonchev–Trinajstić information content (AvgIpc) is 3.15. The van der Waals surface area contributed by atoms with E-state index in [1.165, 1.54) is 0 Å². The van der Waals surface area contributed by atoms with Gasteiger partial charge in [-0.25, -0.2) is 0 Å². The Kier molecular flexibility index (Phi) is 3.68. The van der Waals surface area contributed by atoms with Gasteiger partial charge in [-0.15, -0.1) is 0 Å². The van der Waals surface area contributed by atoms with E-state index in [1.54, 1.807) is 30.3 Å². The van der Waals surface area contributed by atoms with Gasteiger partial charge < -0.3 is 9.73 Å². The quantitative estimate of drug-likeness (QED) is 0.595. The number of benzene rings is 2. The third kappa shape index (κ3) is 2.62. The molecule has 1 amide bonds. The van der Waals surface area contributed by atoms with Crippen LogP contribution in [0.4, 0.5) is 5.69 Å². The zero-order chi connectivity index (χ0) is 16.7. The van der Waals surface area contributed by atoms with Gasteiger partial charge in [-0.3, -0.25) is 4.79 Å². The molecule has 4 rings (SSSR count). The van der Waals surface area contributed by atoms with Crippen LogP contribution in [0.15, 0.2) is 59.0 Å². The minimum absolute atomic E-state index is 0.144. The number of hydrogen-bond acceptors (Lipinski definition) is 2. The maximum atomic E-state index is 12.2. The molecule has 0 saturated heterocycles. The van der Waals surface area contributed by atoms with Gasteiger partial charge in [0.2, 0.25) is 0 Å². The van der Waals surface area contributed by atoms with Crippen molar-refractivity contribution in [2.45, 2.75) is 0 Å². The second-order valence-electron chi connectivity index (χ2n) is 5.38. The summed E-state index contributed by atoms with van der Waals surface area (Å²) in [6, 6.07) is 16.3. The molecule has 0 atom stereocenters. The van der Waals surface area contributed by atoms with E-state index in [0.29, 0.717) is 32.7 Å². The second-order valence-corrected chi connectivity index (χ2v) is 6.23. The highest BCUT2D eigenvalue weighted by atomic mass is 35.5. The van der Waals surface area contributed by atoms with E-state index in [0.717, 1.165) is 11.3 Å². The first-order chi connectivity index (χ1) is 11.6. The van der Waals surface area contributed by atoms with Crippen molar-refractivity contribution in [1.82, 2.24) is 0 Å². The summed E-state index contributed by atoms with van der Waals surface area (Å²) in [4.78, 5) is 12.2. The third-order valence-electron chi connectivity index (χ3n) is 3.82. The number of carbonyl (C=O) groups excluding carboxylic acids is 1. The summed E-state index contributed by atoms with van der Waals surface area (Å²) in [5.74, 6) is 1.03. The normalized spacial score (nSPS) is 14.8. The zero-order valence-electron chi connectivity index (χ0n) is 12.3. The van der Waals surface area contributed by atoms with Crippen LogP contribution in [0, 0.1) is 0 Å². The van der Waals surface area contributed by atoms with Crippen LogP contribution in [0.25, 0.3) is 23.0 Å². The van der Waals surface area contributed by atoms with Gasteiger partial charge in [0.15, 0.2) is 0 Å². The second kappa shape index (κ2) is 5.86. The molecule has 3 aromatic rings. The van der Waals surface area contributed by atoms with E-state index in [2.05, 4.69) is 5.32 Å². The number of amides is 1. The highest BCUT2D eigenvalue weighted by Crippen LogP contribution is 2.35. The molecular weight excluding hydrogens is 345 g/mol. The smallest absolute Gasteiger partial charge is 0.256 e. The third-order valence-corrected chi connectivity index (χ3v) is 4.38. The largest absolute Gasteiger partial charge is 0.457 e. The number of anilines is 1. The molecule has 1 N–H and O–H groups in total. The van der Waals surface area contributed by atoms with Crippen LogP contribution in [0.3, 0.4) is 0 Å². The van der Waals surface area contributed by atoms with Gasteiger partial charge in [0.05, 0.1) is 10.6 Å². The lowest BCUT2D eigenvalue weighted by atomic mass is 10.1. The van der Waals surface area contributed by atoms with Crippen molar-refractivity contribution in [3.63, 3.8) is 0 Å². The topological polar surface area (TPSA) is 42.2 Å². The molecule has 0 unspecified atom stereocenters. The molecule has 2 heterocycles. The Morgan fingerprint density at radius 1 is 0.958 bits per heavy atom. The number of carbonyl (C=O) groups is 1. The van der Waals surface area contributed by atoms with Crippen LogP contribution in [-0.2, 0) is 4.79 Å². The van der Waals surface area contributed by atoms with Gasteiger partial charge in [0.25, 0.3) is 5.91 Å². The standard InChI is InChI=1S/C19H11Cl2NO2/c20-11-5-7-16(21)15(9-11)18-8-6-12(24-18)10-14-13-3-1-2-4-17(13)22-19(14)23/h1-10H,(H,22,23)/b14-10+. The van der Waals surface area contributed by atoms with Crippen LogP contribution in [0.5, 0.6) is 0 Å². The Balaban J connectivity index is 1.74. The number of nitrogens with one attached hydrogen (secondary N) is 1. The van der Waals surface area contributed by atoms with Gasteiger partial charge in [0, 0.05) is 21.8 Å². The number of hydrogen-bond donors (Lipinski definition) is 1. The number of fused-ring (bicyclic) bond motifs is 1. The number of rotatable bonds is 2. The fourth-order valence-electron chi connectivity index (χ4n) is 2.69. The first kappa shape index (κ1) is 15.1. The molecule has 2 aromatic carbocycles. The SMILES string of the molecule is O=C1Nc2ccccc2/C1=C\c1ccc(-c2cc(Cl)ccc2Cl)o1. The van der Waals surface area contributed by atoms with Crippen molar-refractivity contribution in [2.75, 3.05) is 5.32 Å². The lowest BCUT2D eigenvalue weighted by Gasteiger charge is -2.01. The summed E-state index contributed by atoms with van der Waals surface area (Å²) in [7, 11) is 0. The van der Waals surface area contributed by atoms with E-state index in [4.69, 9.17) is 27.6 Å². The summed E-state index contributed by atoms with van der Waals surface area (Å²) in [5, 5.41) is 3.97. The van der Waals surface area contributed by atoms with Crippen LogP contribution >= 0.6 is 23.2 Å². The Labute approximate surface area is 148 Å². The van der Waals surface area contributed by atoms with E-state index in [-0.39, 0.29) is 5.91 Å². The van der Waals surface area contributed by atoms with Crippen molar-refractivity contribution in [1.29, 1.82) is 0 Å². The molecule has 5 heteroatoms. The zero-order valence-corrected chi connectivity index (χ0v) is 13.9. The minimum Gasteiger partial charge on any atom is -0.457 e. The molecule has 0 radical (unpaired) electrons. The minimum atomic E-state index is -0.144. The molecule has 0 spiro atoms. The van der Waals surface area contributed by atoms with E-state index >= 15 is 0 Å². The average molecular weight is 356 g/mol.